The SMILES string of the molecule is CC(O)C(C)(C)NC(=O)CC1CNc2ccccc21. The molecule has 1 amide bonds. The van der Waals surface area contributed by atoms with Crippen LogP contribution >= 0.6 is 0 Å². The van der Waals surface area contributed by atoms with Gasteiger partial charge in [0.15, 0.2) is 0 Å². The minimum absolute atomic E-state index is 0.0191. The van der Waals surface area contributed by atoms with Crippen LogP contribution in [-0.4, -0.2) is 29.2 Å². The zero-order valence-corrected chi connectivity index (χ0v) is 11.7. The van der Waals surface area contributed by atoms with Crippen LogP contribution < -0.4 is 10.6 Å². The number of benzene rings is 1. The third kappa shape index (κ3) is 3.07. The quantitative estimate of drug-likeness (QED) is 0.776. The van der Waals surface area contributed by atoms with Crippen molar-refractivity contribution < 1.29 is 9.90 Å². The van der Waals surface area contributed by atoms with Gasteiger partial charge in [0, 0.05) is 24.6 Å². The molecule has 0 fully saturated rings. The summed E-state index contributed by atoms with van der Waals surface area (Å²) in [5.41, 5.74) is 1.73. The Balaban J connectivity index is 1.98. The standard InChI is InChI=1S/C15H22N2O2/c1-10(18)15(2,3)17-14(19)8-11-9-16-13-7-5-4-6-12(11)13/h4-7,10-11,16,18H,8-9H2,1-3H3,(H,17,19). The molecule has 0 aliphatic carbocycles. The lowest BCUT2D eigenvalue weighted by atomic mass is 9.95. The molecule has 4 heteroatoms. The number of aliphatic hydroxyl groups is 1. The van der Waals surface area contributed by atoms with Crippen LogP contribution in [0, 0.1) is 0 Å². The smallest absolute Gasteiger partial charge is 0.221 e. The summed E-state index contributed by atoms with van der Waals surface area (Å²) in [6, 6.07) is 8.08. The Hall–Kier alpha value is -1.55. The van der Waals surface area contributed by atoms with Crippen LogP contribution in [0.1, 0.15) is 38.7 Å². The van der Waals surface area contributed by atoms with Crippen LogP contribution in [0.25, 0.3) is 0 Å². The largest absolute Gasteiger partial charge is 0.391 e. The van der Waals surface area contributed by atoms with E-state index in [0.29, 0.717) is 6.42 Å². The molecule has 4 nitrogen and oxygen atoms in total. The minimum Gasteiger partial charge on any atom is -0.391 e. The molecule has 3 N–H and O–H groups in total. The number of aliphatic hydroxyl groups excluding tert-OH is 1. The Morgan fingerprint density at radius 2 is 2.21 bits per heavy atom. The third-order valence-electron chi connectivity index (χ3n) is 3.88. The van der Waals surface area contributed by atoms with E-state index in [1.165, 1.54) is 5.56 Å². The summed E-state index contributed by atoms with van der Waals surface area (Å²) in [4.78, 5) is 12.1. The second-order valence-electron chi connectivity index (χ2n) is 5.82. The van der Waals surface area contributed by atoms with Gasteiger partial charge in [0.1, 0.15) is 0 Å². The first kappa shape index (κ1) is 13.9. The Morgan fingerprint density at radius 1 is 1.53 bits per heavy atom. The fraction of sp³-hybridized carbons (Fsp3) is 0.533. The molecular weight excluding hydrogens is 240 g/mol. The molecule has 1 heterocycles. The van der Waals surface area contributed by atoms with E-state index >= 15 is 0 Å². The zero-order chi connectivity index (χ0) is 14.0. The lowest BCUT2D eigenvalue weighted by molar-refractivity contribution is -0.124. The molecule has 2 rings (SSSR count). The number of rotatable bonds is 4. The summed E-state index contributed by atoms with van der Waals surface area (Å²) >= 11 is 0. The predicted molar refractivity (Wildman–Crippen MR) is 76.2 cm³/mol. The highest BCUT2D eigenvalue weighted by molar-refractivity contribution is 5.79. The molecule has 0 saturated heterocycles. The molecule has 0 bridgehead atoms. The number of carbonyl (C=O) groups excluding carboxylic acids is 1. The van der Waals surface area contributed by atoms with E-state index in [2.05, 4.69) is 16.7 Å². The number of anilines is 1. The van der Waals surface area contributed by atoms with Gasteiger partial charge in [-0.05, 0) is 32.4 Å². The van der Waals surface area contributed by atoms with E-state index in [4.69, 9.17) is 0 Å². The van der Waals surface area contributed by atoms with Gasteiger partial charge in [-0.1, -0.05) is 18.2 Å². The summed E-state index contributed by atoms with van der Waals surface area (Å²) in [6.45, 7) is 6.14. The van der Waals surface area contributed by atoms with Crippen molar-refractivity contribution in [1.29, 1.82) is 0 Å². The van der Waals surface area contributed by atoms with E-state index in [1.807, 2.05) is 32.0 Å². The lowest BCUT2D eigenvalue weighted by Crippen LogP contribution is -2.51. The first-order chi connectivity index (χ1) is 8.90. The van der Waals surface area contributed by atoms with Gasteiger partial charge < -0.3 is 15.7 Å². The Kier molecular flexibility index (Phi) is 3.80. The van der Waals surface area contributed by atoms with E-state index in [9.17, 15) is 9.90 Å². The molecule has 19 heavy (non-hydrogen) atoms. The van der Waals surface area contributed by atoms with Crippen molar-refractivity contribution >= 4 is 11.6 Å². The van der Waals surface area contributed by atoms with E-state index < -0.39 is 11.6 Å². The highest BCUT2D eigenvalue weighted by Crippen LogP contribution is 2.33. The molecule has 1 aromatic rings. The summed E-state index contributed by atoms with van der Waals surface area (Å²) in [5.74, 6) is 0.190. The number of amides is 1. The van der Waals surface area contributed by atoms with Gasteiger partial charge >= 0.3 is 0 Å². The van der Waals surface area contributed by atoms with Crippen LogP contribution in [0.15, 0.2) is 24.3 Å². The van der Waals surface area contributed by atoms with Gasteiger partial charge in [-0.2, -0.15) is 0 Å². The molecule has 1 aliphatic rings. The van der Waals surface area contributed by atoms with Gasteiger partial charge in [0.25, 0.3) is 0 Å². The van der Waals surface area contributed by atoms with Crippen LogP contribution in [0.2, 0.25) is 0 Å². The second-order valence-corrected chi connectivity index (χ2v) is 5.82. The number of hydrogen-bond donors (Lipinski definition) is 3. The predicted octanol–water partition coefficient (Wildman–Crippen LogP) is 1.86. The molecule has 1 aromatic carbocycles. The summed E-state index contributed by atoms with van der Waals surface area (Å²) < 4.78 is 0. The van der Waals surface area contributed by atoms with E-state index in [0.717, 1.165) is 12.2 Å². The zero-order valence-electron chi connectivity index (χ0n) is 11.7. The third-order valence-corrected chi connectivity index (χ3v) is 3.88. The molecule has 2 unspecified atom stereocenters. The van der Waals surface area contributed by atoms with Crippen molar-refractivity contribution in [3.8, 4) is 0 Å². The molecule has 0 spiro atoms. The van der Waals surface area contributed by atoms with Crippen LogP contribution in [-0.2, 0) is 4.79 Å². The van der Waals surface area contributed by atoms with Gasteiger partial charge in [-0.15, -0.1) is 0 Å². The highest BCUT2D eigenvalue weighted by atomic mass is 16.3. The van der Waals surface area contributed by atoms with Crippen molar-refractivity contribution in [2.45, 2.75) is 44.8 Å². The highest BCUT2D eigenvalue weighted by Gasteiger charge is 2.29. The molecule has 104 valence electrons. The fourth-order valence-electron chi connectivity index (χ4n) is 2.28. The number of fused-ring (bicyclic) bond motifs is 1. The Bertz CT molecular complexity index is 469. The maximum atomic E-state index is 12.1. The maximum absolute atomic E-state index is 12.1. The lowest BCUT2D eigenvalue weighted by Gasteiger charge is -2.29. The molecule has 0 aromatic heterocycles. The number of hydrogen-bond acceptors (Lipinski definition) is 3. The van der Waals surface area contributed by atoms with Gasteiger partial charge in [-0.25, -0.2) is 0 Å². The average Bonchev–Trinajstić information content (AvgIpc) is 2.72. The molecular formula is C15H22N2O2. The van der Waals surface area contributed by atoms with Crippen molar-refractivity contribution in [2.24, 2.45) is 0 Å². The summed E-state index contributed by atoms with van der Waals surface area (Å²) in [6.07, 6.45) is -0.134. The average molecular weight is 262 g/mol. The fourth-order valence-corrected chi connectivity index (χ4v) is 2.28. The normalized spacial score (nSPS) is 19.5. The summed E-state index contributed by atoms with van der Waals surface area (Å²) in [5, 5.41) is 15.8. The summed E-state index contributed by atoms with van der Waals surface area (Å²) in [7, 11) is 0. The van der Waals surface area contributed by atoms with Gasteiger partial charge in [0.2, 0.25) is 5.91 Å². The number of carbonyl (C=O) groups is 1. The first-order valence-corrected chi connectivity index (χ1v) is 6.72. The first-order valence-electron chi connectivity index (χ1n) is 6.72. The van der Waals surface area contributed by atoms with E-state index in [1.54, 1.807) is 6.92 Å². The van der Waals surface area contributed by atoms with Crippen molar-refractivity contribution in [3.05, 3.63) is 29.8 Å². The number of nitrogens with one attached hydrogen (secondary N) is 2. The monoisotopic (exact) mass is 262 g/mol. The van der Waals surface area contributed by atoms with Gasteiger partial charge in [0.05, 0.1) is 11.6 Å². The Morgan fingerprint density at radius 3 is 2.89 bits per heavy atom. The minimum atomic E-state index is -0.595. The second kappa shape index (κ2) is 5.21. The van der Waals surface area contributed by atoms with Gasteiger partial charge in [-0.3, -0.25) is 4.79 Å². The van der Waals surface area contributed by atoms with Crippen LogP contribution in [0.3, 0.4) is 0 Å². The van der Waals surface area contributed by atoms with Crippen molar-refractivity contribution in [2.75, 3.05) is 11.9 Å². The topological polar surface area (TPSA) is 61.4 Å². The molecule has 1 aliphatic heterocycles. The van der Waals surface area contributed by atoms with Crippen LogP contribution in [0.5, 0.6) is 0 Å². The Labute approximate surface area is 114 Å². The van der Waals surface area contributed by atoms with Crippen molar-refractivity contribution in [1.82, 2.24) is 5.32 Å². The molecule has 0 radical (unpaired) electrons. The van der Waals surface area contributed by atoms with Crippen molar-refractivity contribution in [3.63, 3.8) is 0 Å². The maximum Gasteiger partial charge on any atom is 0.221 e. The number of para-hydroxylation sites is 1. The molecule has 2 atom stereocenters. The molecule has 0 saturated carbocycles. The van der Waals surface area contributed by atoms with E-state index in [-0.39, 0.29) is 11.8 Å². The van der Waals surface area contributed by atoms with Crippen LogP contribution in [0.4, 0.5) is 5.69 Å².